The minimum atomic E-state index is -4.74. The van der Waals surface area contributed by atoms with Gasteiger partial charge in [0, 0.05) is 36.2 Å². The molecule has 1 atom stereocenters. The highest BCUT2D eigenvalue weighted by molar-refractivity contribution is 6.30. The molecule has 1 saturated carbocycles. The Morgan fingerprint density at radius 2 is 1.94 bits per heavy atom. The van der Waals surface area contributed by atoms with Crippen LogP contribution in [0.15, 0.2) is 65.0 Å². The van der Waals surface area contributed by atoms with Crippen LogP contribution in [0, 0.1) is 0 Å². The standard InChI is InChI=1S/C22H23ClF3N3O2/c1-21(15-4-3-5-17(10-15)31-22(24,25)26)11-19(21)29-20(27-2)18(13-30)28-12-14-6-8-16(23)9-7-14/h3-10,27-28,30H,11-13H2,1-2H3/b20-18-,29-19?. The second kappa shape index (κ2) is 9.20. The van der Waals surface area contributed by atoms with Crippen molar-refractivity contribution < 1.29 is 23.0 Å². The van der Waals surface area contributed by atoms with E-state index in [2.05, 4.69) is 20.4 Å². The predicted molar refractivity (Wildman–Crippen MR) is 114 cm³/mol. The lowest BCUT2D eigenvalue weighted by Crippen LogP contribution is -2.22. The summed E-state index contributed by atoms with van der Waals surface area (Å²) in [5.74, 6) is 0.209. The zero-order valence-corrected chi connectivity index (χ0v) is 17.8. The Balaban J connectivity index is 1.77. The first kappa shape index (κ1) is 23.0. The molecule has 5 nitrogen and oxygen atoms in total. The fourth-order valence-corrected chi connectivity index (χ4v) is 3.32. The van der Waals surface area contributed by atoms with Gasteiger partial charge in [-0.3, -0.25) is 0 Å². The molecule has 1 aliphatic carbocycles. The number of aliphatic hydroxyl groups excluding tert-OH is 1. The Hall–Kier alpha value is -2.71. The van der Waals surface area contributed by atoms with Gasteiger partial charge in [-0.2, -0.15) is 0 Å². The summed E-state index contributed by atoms with van der Waals surface area (Å²) >= 11 is 5.90. The van der Waals surface area contributed by atoms with Gasteiger partial charge in [-0.1, -0.05) is 35.9 Å². The van der Waals surface area contributed by atoms with Gasteiger partial charge in [0.05, 0.1) is 12.3 Å². The molecule has 2 aromatic carbocycles. The van der Waals surface area contributed by atoms with Crippen molar-refractivity contribution in [2.45, 2.75) is 31.7 Å². The molecule has 0 radical (unpaired) electrons. The number of rotatable bonds is 8. The molecule has 1 fully saturated rings. The van der Waals surface area contributed by atoms with Crippen LogP contribution in [0.5, 0.6) is 5.75 Å². The second-order valence-electron chi connectivity index (χ2n) is 7.36. The minimum Gasteiger partial charge on any atom is -0.406 e. The van der Waals surface area contributed by atoms with Crippen LogP contribution in [-0.4, -0.2) is 30.8 Å². The van der Waals surface area contributed by atoms with Crippen LogP contribution in [0.4, 0.5) is 13.2 Å². The minimum absolute atomic E-state index is 0.258. The maximum atomic E-state index is 12.5. The van der Waals surface area contributed by atoms with Crippen LogP contribution in [-0.2, 0) is 12.0 Å². The first-order valence-electron chi connectivity index (χ1n) is 9.59. The summed E-state index contributed by atoms with van der Waals surface area (Å²) in [5, 5.41) is 16.6. The maximum Gasteiger partial charge on any atom is 0.573 e. The number of alkyl halides is 3. The molecule has 1 aliphatic rings. The third-order valence-electron chi connectivity index (χ3n) is 5.08. The number of nitrogens with one attached hydrogen (secondary N) is 2. The fraction of sp³-hybridized carbons (Fsp3) is 0.318. The van der Waals surface area contributed by atoms with Gasteiger partial charge < -0.3 is 20.5 Å². The summed E-state index contributed by atoms with van der Waals surface area (Å²) in [6.07, 6.45) is -4.16. The first-order valence-corrected chi connectivity index (χ1v) is 9.97. The van der Waals surface area contributed by atoms with Crippen LogP contribution in [0.2, 0.25) is 5.02 Å². The summed E-state index contributed by atoms with van der Waals surface area (Å²) in [4.78, 5) is 4.62. The zero-order valence-electron chi connectivity index (χ0n) is 17.1. The van der Waals surface area contributed by atoms with Crippen molar-refractivity contribution in [2.75, 3.05) is 13.7 Å². The van der Waals surface area contributed by atoms with E-state index in [9.17, 15) is 18.3 Å². The van der Waals surface area contributed by atoms with Crippen molar-refractivity contribution in [1.29, 1.82) is 0 Å². The molecule has 3 rings (SSSR count). The van der Waals surface area contributed by atoms with Gasteiger partial charge in [-0.25, -0.2) is 4.99 Å². The summed E-state index contributed by atoms with van der Waals surface area (Å²) < 4.78 is 41.6. The van der Waals surface area contributed by atoms with Gasteiger partial charge in [0.2, 0.25) is 0 Å². The largest absolute Gasteiger partial charge is 0.573 e. The summed E-state index contributed by atoms with van der Waals surface area (Å²) in [6.45, 7) is 2.12. The number of halogens is 4. The van der Waals surface area contributed by atoms with Crippen LogP contribution in [0.1, 0.15) is 24.5 Å². The molecular weight excluding hydrogens is 431 g/mol. The van der Waals surface area contributed by atoms with Crippen LogP contribution in [0.25, 0.3) is 0 Å². The number of hydrogen-bond acceptors (Lipinski definition) is 5. The third-order valence-corrected chi connectivity index (χ3v) is 5.34. The number of aliphatic hydroxyl groups is 1. The van der Waals surface area contributed by atoms with Crippen molar-refractivity contribution in [1.82, 2.24) is 10.6 Å². The summed E-state index contributed by atoms with van der Waals surface area (Å²) in [6, 6.07) is 13.2. The molecule has 0 aromatic heterocycles. The average molecular weight is 454 g/mol. The second-order valence-corrected chi connectivity index (χ2v) is 7.79. The molecular formula is C22H23ClF3N3O2. The van der Waals surface area contributed by atoms with E-state index in [1.165, 1.54) is 18.2 Å². The monoisotopic (exact) mass is 453 g/mol. The summed E-state index contributed by atoms with van der Waals surface area (Å²) in [7, 11) is 1.69. The van der Waals surface area contributed by atoms with E-state index in [1.54, 1.807) is 25.2 Å². The fourth-order valence-electron chi connectivity index (χ4n) is 3.19. The van der Waals surface area contributed by atoms with E-state index < -0.39 is 11.8 Å². The molecule has 0 amide bonds. The SMILES string of the molecule is CN/C(N=C1CC1(C)c1cccc(OC(F)(F)F)c1)=C(\CO)NCc1ccc(Cl)cc1. The first-order chi connectivity index (χ1) is 14.6. The van der Waals surface area contributed by atoms with E-state index in [4.69, 9.17) is 11.6 Å². The van der Waals surface area contributed by atoms with Gasteiger partial charge in [-0.15, -0.1) is 13.2 Å². The normalized spacial score (nSPS) is 20.3. The molecule has 0 heterocycles. The zero-order chi connectivity index (χ0) is 22.6. The topological polar surface area (TPSA) is 65.9 Å². The molecule has 2 aromatic rings. The smallest absolute Gasteiger partial charge is 0.406 e. The highest BCUT2D eigenvalue weighted by Gasteiger charge is 2.48. The molecule has 0 saturated heterocycles. The Bertz CT molecular complexity index is 990. The maximum absolute atomic E-state index is 12.5. The Kier molecular flexibility index (Phi) is 6.81. The van der Waals surface area contributed by atoms with Gasteiger partial charge in [0.25, 0.3) is 0 Å². The lowest BCUT2D eigenvalue weighted by Gasteiger charge is -2.14. The average Bonchev–Trinajstić information content (AvgIpc) is 3.38. The molecule has 31 heavy (non-hydrogen) atoms. The van der Waals surface area contributed by atoms with E-state index in [-0.39, 0.29) is 12.4 Å². The number of ether oxygens (including phenoxy) is 1. The van der Waals surface area contributed by atoms with Crippen molar-refractivity contribution in [3.05, 3.63) is 76.2 Å². The van der Waals surface area contributed by atoms with Crippen molar-refractivity contribution >= 4 is 17.3 Å². The highest BCUT2D eigenvalue weighted by atomic mass is 35.5. The Morgan fingerprint density at radius 3 is 2.55 bits per heavy atom. The van der Waals surface area contributed by atoms with Gasteiger partial charge in [0.1, 0.15) is 11.6 Å². The van der Waals surface area contributed by atoms with Crippen LogP contribution in [0.3, 0.4) is 0 Å². The lowest BCUT2D eigenvalue weighted by molar-refractivity contribution is -0.274. The summed E-state index contributed by atoms with van der Waals surface area (Å²) in [5.41, 5.74) is 2.47. The van der Waals surface area contributed by atoms with Gasteiger partial charge in [-0.05, 0) is 42.3 Å². The van der Waals surface area contributed by atoms with E-state index >= 15 is 0 Å². The van der Waals surface area contributed by atoms with E-state index in [0.29, 0.717) is 35.1 Å². The van der Waals surface area contributed by atoms with Crippen molar-refractivity contribution in [2.24, 2.45) is 4.99 Å². The number of benzene rings is 2. The molecule has 0 bridgehead atoms. The van der Waals surface area contributed by atoms with Crippen molar-refractivity contribution in [3.8, 4) is 5.75 Å². The molecule has 166 valence electrons. The molecule has 0 spiro atoms. The number of aliphatic imine (C=N–C) groups is 1. The predicted octanol–water partition coefficient (Wildman–Crippen LogP) is 4.51. The van der Waals surface area contributed by atoms with Crippen molar-refractivity contribution in [3.63, 3.8) is 0 Å². The Morgan fingerprint density at radius 1 is 1.23 bits per heavy atom. The quantitative estimate of drug-likeness (QED) is 0.550. The number of nitrogens with zero attached hydrogens (tertiary/aromatic N) is 1. The van der Waals surface area contributed by atoms with Crippen LogP contribution < -0.4 is 15.4 Å². The van der Waals surface area contributed by atoms with E-state index in [1.807, 2.05) is 19.1 Å². The van der Waals surface area contributed by atoms with Crippen LogP contribution >= 0.6 is 11.6 Å². The molecule has 1 unspecified atom stereocenters. The van der Waals surface area contributed by atoms with Gasteiger partial charge in [0.15, 0.2) is 0 Å². The van der Waals surface area contributed by atoms with Gasteiger partial charge >= 0.3 is 6.36 Å². The Labute approximate surface area is 183 Å². The molecule has 3 N–H and O–H groups in total. The molecule has 9 heteroatoms. The lowest BCUT2D eigenvalue weighted by atomic mass is 9.98. The number of hydrogen-bond donors (Lipinski definition) is 3. The third kappa shape index (κ3) is 5.92. The highest BCUT2D eigenvalue weighted by Crippen LogP contribution is 2.46. The molecule has 0 aliphatic heterocycles. The van der Waals surface area contributed by atoms with E-state index in [0.717, 1.165) is 11.3 Å².